The average molecular weight is 336 g/mol. The fourth-order valence-corrected chi connectivity index (χ4v) is 2.97. The molecule has 0 saturated heterocycles. The van der Waals surface area contributed by atoms with Gasteiger partial charge in [-0.1, -0.05) is 6.07 Å². The quantitative estimate of drug-likeness (QED) is 0.746. The molecule has 0 saturated carbocycles. The van der Waals surface area contributed by atoms with Crippen molar-refractivity contribution in [3.63, 3.8) is 0 Å². The van der Waals surface area contributed by atoms with Crippen molar-refractivity contribution in [1.82, 2.24) is 14.5 Å². The van der Waals surface area contributed by atoms with Gasteiger partial charge in [-0.3, -0.25) is 9.36 Å². The highest BCUT2D eigenvalue weighted by Gasteiger charge is 2.25. The van der Waals surface area contributed by atoms with Crippen LogP contribution in [-0.4, -0.2) is 27.6 Å². The van der Waals surface area contributed by atoms with Gasteiger partial charge in [-0.05, 0) is 25.5 Å². The van der Waals surface area contributed by atoms with Gasteiger partial charge in [0.05, 0.1) is 19.0 Å². The number of methoxy groups -OCH3 is 1. The monoisotopic (exact) mass is 336 g/mol. The predicted molar refractivity (Wildman–Crippen MR) is 92.5 cm³/mol. The summed E-state index contributed by atoms with van der Waals surface area (Å²) in [6.07, 6.45) is 1.33. The molecule has 3 aromatic rings. The van der Waals surface area contributed by atoms with Crippen molar-refractivity contribution in [2.45, 2.75) is 13.8 Å². The molecule has 0 spiro atoms. The highest BCUT2D eigenvalue weighted by Crippen LogP contribution is 2.35. The van der Waals surface area contributed by atoms with Crippen molar-refractivity contribution in [1.29, 1.82) is 5.26 Å². The van der Waals surface area contributed by atoms with Crippen LogP contribution in [0.5, 0.6) is 5.75 Å². The fraction of sp³-hybridized carbons (Fsp3) is 0.176. The lowest BCUT2D eigenvalue weighted by Gasteiger charge is -2.16. The molecule has 25 heavy (non-hydrogen) atoms. The maximum Gasteiger partial charge on any atom is 0.254 e. The first kappa shape index (κ1) is 16.3. The highest BCUT2D eigenvalue weighted by molar-refractivity contribution is 6.09. The van der Waals surface area contributed by atoms with E-state index in [0.29, 0.717) is 11.4 Å². The predicted octanol–water partition coefficient (Wildman–Crippen LogP) is 1.60. The van der Waals surface area contributed by atoms with Crippen LogP contribution < -0.4 is 16.2 Å². The first-order valence-corrected chi connectivity index (χ1v) is 7.42. The molecule has 8 heteroatoms. The van der Waals surface area contributed by atoms with Crippen molar-refractivity contribution in [2.75, 3.05) is 12.8 Å². The average Bonchev–Trinajstić information content (AvgIpc) is 2.86. The number of carbonyl (C=O) groups is 1. The number of nitrogen functional groups attached to an aromatic ring is 1. The number of aryl methyl sites for hydroxylation is 1. The second-order valence-corrected chi connectivity index (χ2v) is 5.56. The summed E-state index contributed by atoms with van der Waals surface area (Å²) in [7, 11) is 1.58. The Kier molecular flexibility index (Phi) is 3.77. The lowest BCUT2D eigenvalue weighted by molar-refractivity contribution is 0.100. The summed E-state index contributed by atoms with van der Waals surface area (Å²) in [4.78, 5) is 20.4. The standard InChI is InChI=1S/C17H16N6O2/c1-8-4-5-11(25-3)9(2)14(8)23-15(19)12(16(20)24)13-17(23)21-7-10(6-18)22-13/h4-5,7H,19H2,1-3H3,(H2,20,24). The third kappa shape index (κ3) is 2.33. The number of aromatic nitrogens is 3. The second kappa shape index (κ2) is 5.79. The van der Waals surface area contributed by atoms with Crippen LogP contribution >= 0.6 is 0 Å². The van der Waals surface area contributed by atoms with Gasteiger partial charge >= 0.3 is 0 Å². The Morgan fingerprint density at radius 1 is 1.36 bits per heavy atom. The van der Waals surface area contributed by atoms with Crippen LogP contribution in [0, 0.1) is 25.2 Å². The fourth-order valence-electron chi connectivity index (χ4n) is 2.97. The Labute approximate surface area is 143 Å². The topological polar surface area (TPSA) is 133 Å². The minimum absolute atomic E-state index is 0.0428. The number of nitriles is 1. The Morgan fingerprint density at radius 3 is 2.68 bits per heavy atom. The summed E-state index contributed by atoms with van der Waals surface area (Å²) in [5.41, 5.74) is 14.8. The largest absolute Gasteiger partial charge is 0.496 e. The number of primary amides is 1. The summed E-state index contributed by atoms with van der Waals surface area (Å²) >= 11 is 0. The van der Waals surface area contributed by atoms with Gasteiger partial charge in [-0.2, -0.15) is 5.26 Å². The van der Waals surface area contributed by atoms with Gasteiger partial charge in [0, 0.05) is 5.56 Å². The van der Waals surface area contributed by atoms with E-state index in [4.69, 9.17) is 21.5 Å². The Morgan fingerprint density at radius 2 is 2.08 bits per heavy atom. The van der Waals surface area contributed by atoms with E-state index in [9.17, 15) is 4.79 Å². The lowest BCUT2D eigenvalue weighted by Crippen LogP contribution is -2.14. The highest BCUT2D eigenvalue weighted by atomic mass is 16.5. The van der Waals surface area contributed by atoms with Crippen LogP contribution in [0.2, 0.25) is 0 Å². The first-order valence-electron chi connectivity index (χ1n) is 7.42. The molecule has 8 nitrogen and oxygen atoms in total. The molecular formula is C17H16N6O2. The van der Waals surface area contributed by atoms with Gasteiger partial charge in [-0.25, -0.2) is 9.97 Å². The molecule has 0 aliphatic heterocycles. The van der Waals surface area contributed by atoms with Gasteiger partial charge < -0.3 is 16.2 Å². The number of anilines is 1. The zero-order valence-corrected chi connectivity index (χ0v) is 14.0. The van der Waals surface area contributed by atoms with Gasteiger partial charge in [0.15, 0.2) is 11.3 Å². The van der Waals surface area contributed by atoms with Crippen molar-refractivity contribution in [2.24, 2.45) is 5.73 Å². The molecule has 0 fully saturated rings. The summed E-state index contributed by atoms with van der Waals surface area (Å²) in [6.45, 7) is 3.79. The van der Waals surface area contributed by atoms with Crippen LogP contribution in [-0.2, 0) is 0 Å². The Bertz CT molecular complexity index is 1060. The van der Waals surface area contributed by atoms with Crippen molar-refractivity contribution < 1.29 is 9.53 Å². The molecule has 4 N–H and O–H groups in total. The maximum atomic E-state index is 11.9. The molecule has 3 rings (SSSR count). The van der Waals surface area contributed by atoms with Gasteiger partial charge in [-0.15, -0.1) is 0 Å². The van der Waals surface area contributed by atoms with Crippen molar-refractivity contribution >= 4 is 22.9 Å². The van der Waals surface area contributed by atoms with Crippen LogP contribution in [0.1, 0.15) is 27.2 Å². The van der Waals surface area contributed by atoms with Gasteiger partial charge in [0.2, 0.25) is 0 Å². The van der Waals surface area contributed by atoms with Crippen LogP contribution in [0.4, 0.5) is 5.82 Å². The summed E-state index contributed by atoms with van der Waals surface area (Å²) < 4.78 is 7.00. The van der Waals surface area contributed by atoms with E-state index >= 15 is 0 Å². The zero-order valence-electron chi connectivity index (χ0n) is 14.0. The molecule has 0 aliphatic carbocycles. The Balaban J connectivity index is 2.49. The van der Waals surface area contributed by atoms with E-state index in [1.807, 2.05) is 32.0 Å². The number of ether oxygens (including phenoxy) is 1. The van der Waals surface area contributed by atoms with E-state index in [0.717, 1.165) is 16.8 Å². The van der Waals surface area contributed by atoms with E-state index in [-0.39, 0.29) is 22.6 Å². The molecule has 0 radical (unpaired) electrons. The zero-order chi connectivity index (χ0) is 18.3. The molecular weight excluding hydrogens is 320 g/mol. The number of nitrogens with two attached hydrogens (primary N) is 2. The number of carbonyl (C=O) groups excluding carboxylic acids is 1. The smallest absolute Gasteiger partial charge is 0.254 e. The molecule has 2 aromatic heterocycles. The SMILES string of the molecule is COc1ccc(C)c(-n2c(N)c(C(N)=O)c3nc(C#N)cnc32)c1C. The number of rotatable bonds is 3. The maximum absolute atomic E-state index is 11.9. The third-order valence-electron chi connectivity index (χ3n) is 4.09. The number of benzene rings is 1. The number of amides is 1. The molecule has 1 aromatic carbocycles. The minimum atomic E-state index is -0.733. The molecule has 0 aliphatic rings. The molecule has 0 atom stereocenters. The molecule has 1 amide bonds. The van der Waals surface area contributed by atoms with Crippen LogP contribution in [0.15, 0.2) is 18.3 Å². The lowest BCUT2D eigenvalue weighted by atomic mass is 10.1. The number of fused-ring (bicyclic) bond motifs is 1. The van der Waals surface area contributed by atoms with E-state index in [1.165, 1.54) is 6.20 Å². The van der Waals surface area contributed by atoms with E-state index in [1.54, 1.807) is 11.7 Å². The van der Waals surface area contributed by atoms with Gasteiger partial charge in [0.25, 0.3) is 5.91 Å². The molecule has 2 heterocycles. The first-order chi connectivity index (χ1) is 11.9. The number of hydrogen-bond acceptors (Lipinski definition) is 6. The van der Waals surface area contributed by atoms with Crippen molar-refractivity contribution in [3.8, 4) is 17.5 Å². The molecule has 0 bridgehead atoms. The normalized spacial score (nSPS) is 10.6. The molecule has 0 unspecified atom stereocenters. The van der Waals surface area contributed by atoms with E-state index < -0.39 is 5.91 Å². The van der Waals surface area contributed by atoms with Crippen LogP contribution in [0.3, 0.4) is 0 Å². The summed E-state index contributed by atoms with van der Waals surface area (Å²) in [5, 5.41) is 9.05. The van der Waals surface area contributed by atoms with Crippen molar-refractivity contribution in [3.05, 3.63) is 40.7 Å². The number of nitrogens with zero attached hydrogens (tertiary/aromatic N) is 4. The second-order valence-electron chi connectivity index (χ2n) is 5.56. The summed E-state index contributed by atoms with van der Waals surface area (Å²) in [5.74, 6) is 0.0602. The number of hydrogen-bond donors (Lipinski definition) is 2. The molecule has 126 valence electrons. The third-order valence-corrected chi connectivity index (χ3v) is 4.09. The minimum Gasteiger partial charge on any atom is -0.496 e. The Hall–Kier alpha value is -3.60. The van der Waals surface area contributed by atoms with Crippen LogP contribution in [0.25, 0.3) is 16.9 Å². The summed E-state index contributed by atoms with van der Waals surface area (Å²) in [6, 6.07) is 5.63. The van der Waals surface area contributed by atoms with Gasteiger partial charge in [0.1, 0.15) is 28.7 Å². The van der Waals surface area contributed by atoms with E-state index in [2.05, 4.69) is 9.97 Å².